The number of rotatable bonds is 5. The molecule has 2 aliphatic rings. The van der Waals surface area contributed by atoms with E-state index < -0.39 is 0 Å². The van der Waals surface area contributed by atoms with Gasteiger partial charge in [0.05, 0.1) is 34.5 Å². The van der Waals surface area contributed by atoms with Crippen molar-refractivity contribution in [1.29, 1.82) is 0 Å². The molecule has 0 unspecified atom stereocenters. The molecule has 1 aromatic rings. The topological polar surface area (TPSA) is 46.2 Å². The number of hydrogen-bond donors (Lipinski definition) is 0. The van der Waals surface area contributed by atoms with Crippen molar-refractivity contribution in [3.05, 3.63) is 17.7 Å². The van der Waals surface area contributed by atoms with Crippen molar-refractivity contribution < 1.29 is 23.7 Å². The van der Waals surface area contributed by atoms with Crippen LogP contribution in [0, 0.1) is 5.92 Å². The van der Waals surface area contributed by atoms with Gasteiger partial charge in [0.25, 0.3) is 0 Å². The Kier molecular flexibility index (Phi) is 4.97. The summed E-state index contributed by atoms with van der Waals surface area (Å²) in [5.74, 6) is 2.43. The van der Waals surface area contributed by atoms with Gasteiger partial charge in [-0.1, -0.05) is 0 Å². The summed E-state index contributed by atoms with van der Waals surface area (Å²) in [4.78, 5) is 0. The van der Waals surface area contributed by atoms with E-state index in [0.29, 0.717) is 11.7 Å². The van der Waals surface area contributed by atoms with Crippen molar-refractivity contribution >= 4 is 0 Å². The van der Waals surface area contributed by atoms with Crippen molar-refractivity contribution in [3.63, 3.8) is 0 Å². The summed E-state index contributed by atoms with van der Waals surface area (Å²) >= 11 is 0. The molecule has 5 heteroatoms. The first-order valence-corrected chi connectivity index (χ1v) is 8.26. The molecule has 5 nitrogen and oxygen atoms in total. The summed E-state index contributed by atoms with van der Waals surface area (Å²) < 4.78 is 27.9. The van der Waals surface area contributed by atoms with E-state index in [1.54, 1.807) is 21.3 Å². The second kappa shape index (κ2) is 6.97. The third-order valence-electron chi connectivity index (χ3n) is 4.93. The van der Waals surface area contributed by atoms with Gasteiger partial charge >= 0.3 is 0 Å². The number of benzene rings is 1. The molecule has 2 fully saturated rings. The molecule has 0 amide bonds. The minimum absolute atomic E-state index is 0.286. The molecule has 1 spiro atoms. The van der Waals surface area contributed by atoms with Crippen LogP contribution in [0.4, 0.5) is 0 Å². The summed E-state index contributed by atoms with van der Waals surface area (Å²) in [5.41, 5.74) is 1.22. The van der Waals surface area contributed by atoms with Crippen molar-refractivity contribution in [2.24, 2.45) is 5.92 Å². The van der Waals surface area contributed by atoms with Crippen LogP contribution in [0.5, 0.6) is 17.2 Å². The molecule has 128 valence electrons. The lowest BCUT2D eigenvalue weighted by atomic mass is 9.81. The second-order valence-electron chi connectivity index (χ2n) is 6.29. The lowest BCUT2D eigenvalue weighted by Gasteiger charge is -2.35. The van der Waals surface area contributed by atoms with Gasteiger partial charge in [0.15, 0.2) is 17.3 Å². The van der Waals surface area contributed by atoms with Gasteiger partial charge in [-0.15, -0.1) is 0 Å². The molecule has 1 heterocycles. The largest absolute Gasteiger partial charge is 0.493 e. The summed E-state index contributed by atoms with van der Waals surface area (Å²) in [6.45, 7) is 1.47. The van der Waals surface area contributed by atoms with Crippen LogP contribution in [0.3, 0.4) is 0 Å². The molecular weight excluding hydrogens is 296 g/mol. The van der Waals surface area contributed by atoms with Crippen LogP contribution in [0.15, 0.2) is 12.1 Å². The maximum absolute atomic E-state index is 5.80. The molecule has 0 bridgehead atoms. The zero-order valence-corrected chi connectivity index (χ0v) is 14.2. The lowest BCUT2D eigenvalue weighted by Crippen LogP contribution is -2.35. The number of hydrogen-bond acceptors (Lipinski definition) is 5. The quantitative estimate of drug-likeness (QED) is 0.833. The summed E-state index contributed by atoms with van der Waals surface area (Å²) in [7, 11) is 4.93. The second-order valence-corrected chi connectivity index (χ2v) is 6.29. The van der Waals surface area contributed by atoms with Crippen molar-refractivity contribution in [1.82, 2.24) is 0 Å². The van der Waals surface area contributed by atoms with Crippen molar-refractivity contribution in [2.45, 2.75) is 37.9 Å². The molecule has 1 aromatic carbocycles. The lowest BCUT2D eigenvalue weighted by molar-refractivity contribution is -0.182. The monoisotopic (exact) mass is 322 g/mol. The van der Waals surface area contributed by atoms with E-state index in [1.165, 1.54) is 5.56 Å². The van der Waals surface area contributed by atoms with Crippen molar-refractivity contribution in [2.75, 3.05) is 34.5 Å². The molecule has 0 atom stereocenters. The van der Waals surface area contributed by atoms with Crippen LogP contribution in [-0.4, -0.2) is 40.3 Å². The Morgan fingerprint density at radius 2 is 1.52 bits per heavy atom. The first-order valence-electron chi connectivity index (χ1n) is 8.26. The molecule has 1 saturated heterocycles. The first kappa shape index (κ1) is 16.4. The highest BCUT2D eigenvalue weighted by Crippen LogP contribution is 2.42. The van der Waals surface area contributed by atoms with Gasteiger partial charge in [0.2, 0.25) is 5.75 Å². The Morgan fingerprint density at radius 1 is 0.957 bits per heavy atom. The third kappa shape index (κ3) is 3.40. The zero-order valence-electron chi connectivity index (χ0n) is 14.2. The minimum Gasteiger partial charge on any atom is -0.493 e. The van der Waals surface area contributed by atoms with Gasteiger partial charge in [0, 0.05) is 12.8 Å². The molecule has 0 N–H and O–H groups in total. The van der Waals surface area contributed by atoms with Gasteiger partial charge in [-0.3, -0.25) is 0 Å². The minimum atomic E-state index is -0.286. The predicted molar refractivity (Wildman–Crippen MR) is 86.4 cm³/mol. The first-order chi connectivity index (χ1) is 11.2. The Balaban J connectivity index is 1.68. The summed E-state index contributed by atoms with van der Waals surface area (Å²) in [6.07, 6.45) is 5.23. The standard InChI is InChI=1S/C18H26O5/c1-19-15-11-14(12-16(20-2)17(15)21-3)10-13-4-6-18(7-5-13)22-8-9-23-18/h11-13H,4-10H2,1-3H3. The molecule has 1 aliphatic heterocycles. The maximum Gasteiger partial charge on any atom is 0.203 e. The van der Waals surface area contributed by atoms with E-state index in [9.17, 15) is 0 Å². The van der Waals surface area contributed by atoms with Gasteiger partial charge in [0.1, 0.15) is 0 Å². The summed E-state index contributed by atoms with van der Waals surface area (Å²) in [6, 6.07) is 4.10. The van der Waals surface area contributed by atoms with Gasteiger partial charge in [-0.05, 0) is 42.9 Å². The van der Waals surface area contributed by atoms with Crippen LogP contribution < -0.4 is 14.2 Å². The fraction of sp³-hybridized carbons (Fsp3) is 0.667. The SMILES string of the molecule is COc1cc(CC2CCC3(CC2)OCCO3)cc(OC)c1OC. The van der Waals surface area contributed by atoms with Gasteiger partial charge in [-0.2, -0.15) is 0 Å². The van der Waals surface area contributed by atoms with Gasteiger partial charge in [-0.25, -0.2) is 0 Å². The van der Waals surface area contributed by atoms with E-state index in [-0.39, 0.29) is 5.79 Å². The maximum atomic E-state index is 5.80. The van der Waals surface area contributed by atoms with Crippen molar-refractivity contribution in [3.8, 4) is 17.2 Å². The van der Waals surface area contributed by atoms with Crippen LogP contribution in [0.25, 0.3) is 0 Å². The number of ether oxygens (including phenoxy) is 5. The fourth-order valence-corrected chi connectivity index (χ4v) is 3.69. The smallest absolute Gasteiger partial charge is 0.203 e. The Labute approximate surface area is 137 Å². The third-order valence-corrected chi connectivity index (χ3v) is 4.93. The van der Waals surface area contributed by atoms with E-state index in [2.05, 4.69) is 0 Å². The fourth-order valence-electron chi connectivity index (χ4n) is 3.69. The molecule has 1 saturated carbocycles. The van der Waals surface area contributed by atoms with Gasteiger partial charge < -0.3 is 23.7 Å². The molecule has 0 aromatic heterocycles. The molecule has 3 rings (SSSR count). The predicted octanol–water partition coefficient (Wildman–Crippen LogP) is 3.19. The highest BCUT2D eigenvalue weighted by molar-refractivity contribution is 5.53. The highest BCUT2D eigenvalue weighted by atomic mass is 16.7. The Morgan fingerprint density at radius 3 is 2.00 bits per heavy atom. The zero-order chi connectivity index (χ0) is 16.3. The average Bonchev–Trinajstić information content (AvgIpc) is 3.04. The number of methoxy groups -OCH3 is 3. The molecular formula is C18H26O5. The van der Waals surface area contributed by atoms with Crippen LogP contribution in [0.1, 0.15) is 31.2 Å². The van der Waals surface area contributed by atoms with Crippen LogP contribution >= 0.6 is 0 Å². The van der Waals surface area contributed by atoms with E-state index >= 15 is 0 Å². The average molecular weight is 322 g/mol. The van der Waals surface area contributed by atoms with E-state index in [1.807, 2.05) is 12.1 Å². The normalized spacial score (nSPS) is 20.7. The van der Waals surface area contributed by atoms with E-state index in [4.69, 9.17) is 23.7 Å². The molecule has 1 aliphatic carbocycles. The molecule has 23 heavy (non-hydrogen) atoms. The summed E-state index contributed by atoms with van der Waals surface area (Å²) in [5, 5.41) is 0. The highest BCUT2D eigenvalue weighted by Gasteiger charge is 2.40. The van der Waals surface area contributed by atoms with Crippen LogP contribution in [0.2, 0.25) is 0 Å². The molecule has 0 radical (unpaired) electrons. The Hall–Kier alpha value is -1.46. The van der Waals surface area contributed by atoms with Crippen LogP contribution in [-0.2, 0) is 15.9 Å². The Bertz CT molecular complexity index is 501. The van der Waals surface area contributed by atoms with E-state index in [0.717, 1.165) is 56.8 Å².